The molecule has 2 N–H and O–H groups in total. The minimum absolute atomic E-state index is 0.230. The predicted molar refractivity (Wildman–Crippen MR) is 94.5 cm³/mol. The number of para-hydroxylation sites is 1. The third-order valence-corrected chi connectivity index (χ3v) is 3.40. The van der Waals surface area contributed by atoms with Crippen LogP contribution in [0.4, 0.5) is 4.79 Å². The lowest BCUT2D eigenvalue weighted by atomic mass is 10.1. The summed E-state index contributed by atoms with van der Waals surface area (Å²) in [5.74, 6) is 0.929. The van der Waals surface area contributed by atoms with E-state index in [0.29, 0.717) is 32.9 Å². The molecule has 0 unspecified atom stereocenters. The van der Waals surface area contributed by atoms with Crippen LogP contribution in [0.15, 0.2) is 18.2 Å². The van der Waals surface area contributed by atoms with Gasteiger partial charge in [0.1, 0.15) is 5.75 Å². The Balaban J connectivity index is 2.17. The highest BCUT2D eigenvalue weighted by atomic mass is 16.7. The molecule has 6 heteroatoms. The van der Waals surface area contributed by atoms with E-state index in [2.05, 4.69) is 10.6 Å². The summed E-state index contributed by atoms with van der Waals surface area (Å²) in [5.41, 5.74) is 2.25. The molecular formula is C18H30N2O4. The molecule has 0 aromatic heterocycles. The standard InChI is InChI=1S/C18H30N2O4/c1-5-22-16(23-6-2)13-20-18(21)19-11-8-12-24-17-14(3)9-7-10-15(17)4/h7,9-10,16H,5-6,8,11-13H2,1-4H3,(H2,19,20,21). The number of aryl methyl sites for hydroxylation is 2. The van der Waals surface area contributed by atoms with Crippen molar-refractivity contribution in [2.45, 2.75) is 40.4 Å². The zero-order chi connectivity index (χ0) is 17.8. The minimum Gasteiger partial charge on any atom is -0.493 e. The molecule has 136 valence electrons. The summed E-state index contributed by atoms with van der Waals surface area (Å²) < 4.78 is 16.5. The molecule has 0 saturated carbocycles. The van der Waals surface area contributed by atoms with Gasteiger partial charge in [0, 0.05) is 19.8 Å². The second kappa shape index (κ2) is 11.7. The van der Waals surface area contributed by atoms with Gasteiger partial charge in [0.2, 0.25) is 0 Å². The number of hydrogen-bond acceptors (Lipinski definition) is 4. The Morgan fingerprint density at radius 2 is 1.71 bits per heavy atom. The first kappa shape index (κ1) is 20.3. The molecule has 1 aromatic carbocycles. The molecule has 0 fully saturated rings. The Labute approximate surface area is 144 Å². The molecule has 0 atom stereocenters. The highest BCUT2D eigenvalue weighted by Crippen LogP contribution is 2.22. The summed E-state index contributed by atoms with van der Waals surface area (Å²) in [4.78, 5) is 11.7. The molecule has 0 aliphatic carbocycles. The van der Waals surface area contributed by atoms with E-state index in [-0.39, 0.29) is 6.03 Å². The summed E-state index contributed by atoms with van der Waals surface area (Å²) in [6.07, 6.45) is 0.333. The zero-order valence-corrected chi connectivity index (χ0v) is 15.2. The van der Waals surface area contributed by atoms with Crippen LogP contribution < -0.4 is 15.4 Å². The summed E-state index contributed by atoms with van der Waals surface area (Å²) in [5, 5.41) is 5.53. The molecule has 0 saturated heterocycles. The van der Waals surface area contributed by atoms with Gasteiger partial charge >= 0.3 is 6.03 Å². The molecule has 24 heavy (non-hydrogen) atoms. The monoisotopic (exact) mass is 338 g/mol. The summed E-state index contributed by atoms with van der Waals surface area (Å²) in [6.45, 7) is 10.4. The second-order valence-electron chi connectivity index (χ2n) is 5.40. The fourth-order valence-corrected chi connectivity index (χ4v) is 2.25. The number of nitrogens with one attached hydrogen (secondary N) is 2. The number of hydrogen-bond donors (Lipinski definition) is 2. The summed E-state index contributed by atoms with van der Waals surface area (Å²) in [7, 11) is 0. The first-order chi connectivity index (χ1) is 11.6. The van der Waals surface area contributed by atoms with E-state index in [1.807, 2.05) is 45.9 Å². The Morgan fingerprint density at radius 1 is 1.08 bits per heavy atom. The number of rotatable bonds is 11. The van der Waals surface area contributed by atoms with Crippen LogP contribution in [0, 0.1) is 13.8 Å². The van der Waals surface area contributed by atoms with Crippen LogP contribution >= 0.6 is 0 Å². The molecule has 1 aromatic rings. The third kappa shape index (κ3) is 7.66. The maximum atomic E-state index is 11.7. The number of carbonyl (C=O) groups is 1. The van der Waals surface area contributed by atoms with Crippen LogP contribution in [0.25, 0.3) is 0 Å². The topological polar surface area (TPSA) is 68.8 Å². The van der Waals surface area contributed by atoms with Gasteiger partial charge in [0.25, 0.3) is 0 Å². The van der Waals surface area contributed by atoms with Gasteiger partial charge in [0.05, 0.1) is 13.2 Å². The zero-order valence-electron chi connectivity index (χ0n) is 15.2. The second-order valence-corrected chi connectivity index (χ2v) is 5.40. The number of urea groups is 1. The molecule has 2 amide bonds. The van der Waals surface area contributed by atoms with E-state index in [1.54, 1.807) is 0 Å². The van der Waals surface area contributed by atoms with Crippen molar-refractivity contribution in [2.75, 3.05) is 32.9 Å². The van der Waals surface area contributed by atoms with E-state index < -0.39 is 6.29 Å². The molecular weight excluding hydrogens is 308 g/mol. The van der Waals surface area contributed by atoms with Gasteiger partial charge in [-0.1, -0.05) is 18.2 Å². The van der Waals surface area contributed by atoms with E-state index in [9.17, 15) is 4.79 Å². The smallest absolute Gasteiger partial charge is 0.314 e. The van der Waals surface area contributed by atoms with E-state index in [1.165, 1.54) is 0 Å². The number of ether oxygens (including phenoxy) is 3. The van der Waals surface area contributed by atoms with Gasteiger partial charge < -0.3 is 24.8 Å². The Hall–Kier alpha value is -1.79. The molecule has 0 heterocycles. The fraction of sp³-hybridized carbons (Fsp3) is 0.611. The molecule has 0 radical (unpaired) electrons. The van der Waals surface area contributed by atoms with Crippen molar-refractivity contribution >= 4 is 6.03 Å². The van der Waals surface area contributed by atoms with Crippen LogP contribution in [-0.2, 0) is 9.47 Å². The van der Waals surface area contributed by atoms with Crippen LogP contribution in [-0.4, -0.2) is 45.2 Å². The molecule has 1 rings (SSSR count). The quantitative estimate of drug-likeness (QED) is 0.481. The third-order valence-electron chi connectivity index (χ3n) is 3.40. The number of benzene rings is 1. The molecule has 0 spiro atoms. The van der Waals surface area contributed by atoms with Crippen molar-refractivity contribution in [3.8, 4) is 5.75 Å². The SMILES string of the molecule is CCOC(CNC(=O)NCCCOc1c(C)cccc1C)OCC. The van der Waals surface area contributed by atoms with Gasteiger partial charge in [-0.3, -0.25) is 0 Å². The predicted octanol–water partition coefficient (Wildman–Crippen LogP) is 2.77. The largest absolute Gasteiger partial charge is 0.493 e. The minimum atomic E-state index is -0.405. The van der Waals surface area contributed by atoms with Crippen molar-refractivity contribution in [1.82, 2.24) is 10.6 Å². The summed E-state index contributed by atoms with van der Waals surface area (Å²) >= 11 is 0. The van der Waals surface area contributed by atoms with Crippen molar-refractivity contribution in [3.05, 3.63) is 29.3 Å². The van der Waals surface area contributed by atoms with Crippen LogP contribution in [0.2, 0.25) is 0 Å². The van der Waals surface area contributed by atoms with E-state index >= 15 is 0 Å². The van der Waals surface area contributed by atoms with Gasteiger partial charge in [-0.05, 0) is 45.2 Å². The van der Waals surface area contributed by atoms with Crippen LogP contribution in [0.1, 0.15) is 31.4 Å². The average molecular weight is 338 g/mol. The number of amides is 2. The van der Waals surface area contributed by atoms with Gasteiger partial charge in [-0.2, -0.15) is 0 Å². The highest BCUT2D eigenvalue weighted by molar-refractivity contribution is 5.73. The van der Waals surface area contributed by atoms with Crippen LogP contribution in [0.3, 0.4) is 0 Å². The first-order valence-corrected chi connectivity index (χ1v) is 8.52. The van der Waals surface area contributed by atoms with Gasteiger partial charge in [-0.25, -0.2) is 4.79 Å². The molecule has 0 bridgehead atoms. The Bertz CT molecular complexity index is 468. The van der Waals surface area contributed by atoms with Crippen molar-refractivity contribution in [1.29, 1.82) is 0 Å². The summed E-state index contributed by atoms with van der Waals surface area (Å²) in [6, 6.07) is 5.84. The lowest BCUT2D eigenvalue weighted by Crippen LogP contribution is -2.41. The normalized spacial score (nSPS) is 10.7. The van der Waals surface area contributed by atoms with Crippen molar-refractivity contribution < 1.29 is 19.0 Å². The Morgan fingerprint density at radius 3 is 2.29 bits per heavy atom. The van der Waals surface area contributed by atoms with Gasteiger partial charge in [-0.15, -0.1) is 0 Å². The van der Waals surface area contributed by atoms with Crippen molar-refractivity contribution in [3.63, 3.8) is 0 Å². The van der Waals surface area contributed by atoms with E-state index in [0.717, 1.165) is 23.3 Å². The maximum absolute atomic E-state index is 11.7. The Kier molecular flexibility index (Phi) is 9.88. The van der Waals surface area contributed by atoms with Crippen LogP contribution in [0.5, 0.6) is 5.75 Å². The molecule has 6 nitrogen and oxygen atoms in total. The molecule has 0 aliphatic rings. The maximum Gasteiger partial charge on any atom is 0.314 e. The number of carbonyl (C=O) groups excluding carboxylic acids is 1. The van der Waals surface area contributed by atoms with Crippen molar-refractivity contribution in [2.24, 2.45) is 0 Å². The fourth-order valence-electron chi connectivity index (χ4n) is 2.25. The van der Waals surface area contributed by atoms with E-state index in [4.69, 9.17) is 14.2 Å². The highest BCUT2D eigenvalue weighted by Gasteiger charge is 2.09. The average Bonchev–Trinajstić information content (AvgIpc) is 2.55. The molecule has 0 aliphatic heterocycles. The van der Waals surface area contributed by atoms with Gasteiger partial charge in [0.15, 0.2) is 6.29 Å². The lowest BCUT2D eigenvalue weighted by molar-refractivity contribution is -0.131. The first-order valence-electron chi connectivity index (χ1n) is 8.52. The lowest BCUT2D eigenvalue weighted by Gasteiger charge is -2.17.